The predicted molar refractivity (Wildman–Crippen MR) is 110 cm³/mol. The summed E-state index contributed by atoms with van der Waals surface area (Å²) in [6.07, 6.45) is 5.21. The zero-order valence-electron chi connectivity index (χ0n) is 17.3. The first-order chi connectivity index (χ1) is 14.9. The highest BCUT2D eigenvalue weighted by Gasteiger charge is 2.52. The van der Waals surface area contributed by atoms with Crippen LogP contribution in [0.2, 0.25) is 0 Å². The molecule has 0 saturated carbocycles. The second-order valence-electron chi connectivity index (χ2n) is 8.50. The van der Waals surface area contributed by atoms with Crippen molar-refractivity contribution in [1.29, 1.82) is 0 Å². The fourth-order valence-electron chi connectivity index (χ4n) is 4.68. The van der Waals surface area contributed by atoms with E-state index < -0.39 is 11.2 Å². The molecule has 5 rings (SSSR count). The summed E-state index contributed by atoms with van der Waals surface area (Å²) in [5, 5.41) is 11.1. The smallest absolute Gasteiger partial charge is 0.289 e. The van der Waals surface area contributed by atoms with Gasteiger partial charge in [-0.1, -0.05) is 0 Å². The normalized spacial score (nSPS) is 22.9. The Hall–Kier alpha value is -2.97. The minimum atomic E-state index is -1.12. The predicted octanol–water partition coefficient (Wildman–Crippen LogP) is 3.10. The fourth-order valence-corrected chi connectivity index (χ4v) is 4.68. The lowest BCUT2D eigenvalue weighted by molar-refractivity contribution is -0.0441. The standard InChI is InChI=1S/C23H24FN3O4/c1-26-13-10-25-21(26)23(29)14-22(30-15-23)8-11-27(12-9-22)20(28)19-7-6-18(31-19)16-2-4-17(24)5-3-16/h2-7,10,13,29H,8-9,11-12,14-15H2,1H3/t23-/m1/s1. The molecule has 31 heavy (non-hydrogen) atoms. The van der Waals surface area contributed by atoms with Gasteiger partial charge in [-0.25, -0.2) is 9.37 Å². The molecule has 0 radical (unpaired) electrons. The van der Waals surface area contributed by atoms with Crippen LogP contribution >= 0.6 is 0 Å². The van der Waals surface area contributed by atoms with Gasteiger partial charge in [-0.3, -0.25) is 4.79 Å². The monoisotopic (exact) mass is 425 g/mol. The van der Waals surface area contributed by atoms with E-state index in [0.717, 1.165) is 0 Å². The van der Waals surface area contributed by atoms with Crippen LogP contribution in [0, 0.1) is 5.82 Å². The molecule has 2 aromatic heterocycles. The number of benzene rings is 1. The summed E-state index contributed by atoms with van der Waals surface area (Å²) in [5.74, 6) is 0.883. The van der Waals surface area contributed by atoms with Gasteiger partial charge in [0.05, 0.1) is 12.2 Å². The molecule has 7 nitrogen and oxygen atoms in total. The van der Waals surface area contributed by atoms with E-state index in [9.17, 15) is 14.3 Å². The van der Waals surface area contributed by atoms with Gasteiger partial charge in [0.25, 0.3) is 5.91 Å². The van der Waals surface area contributed by atoms with E-state index in [1.165, 1.54) is 12.1 Å². The maximum absolute atomic E-state index is 13.1. The van der Waals surface area contributed by atoms with Crippen LogP contribution in [0.1, 0.15) is 35.6 Å². The summed E-state index contributed by atoms with van der Waals surface area (Å²) in [4.78, 5) is 19.0. The molecule has 2 aliphatic heterocycles. The molecule has 0 aliphatic carbocycles. The number of ether oxygens (including phenoxy) is 1. The molecule has 0 bridgehead atoms. The highest BCUT2D eigenvalue weighted by molar-refractivity contribution is 5.92. The number of aliphatic hydroxyl groups is 1. The quantitative estimate of drug-likeness (QED) is 0.698. The Kier molecular flexibility index (Phi) is 4.71. The highest BCUT2D eigenvalue weighted by atomic mass is 19.1. The van der Waals surface area contributed by atoms with Gasteiger partial charge in [-0.05, 0) is 49.2 Å². The average molecular weight is 425 g/mol. The number of aromatic nitrogens is 2. The fraction of sp³-hybridized carbons (Fsp3) is 0.391. The first kappa shape index (κ1) is 20.0. The van der Waals surface area contributed by atoms with Crippen LogP contribution in [-0.4, -0.2) is 50.8 Å². The molecule has 4 heterocycles. The largest absolute Gasteiger partial charge is 0.451 e. The Morgan fingerprint density at radius 1 is 1.16 bits per heavy atom. The lowest BCUT2D eigenvalue weighted by Crippen LogP contribution is -2.47. The molecule has 1 N–H and O–H groups in total. The minimum Gasteiger partial charge on any atom is -0.451 e. The summed E-state index contributed by atoms with van der Waals surface area (Å²) in [5.41, 5.74) is -0.860. The summed E-state index contributed by atoms with van der Waals surface area (Å²) in [7, 11) is 1.86. The lowest BCUT2D eigenvalue weighted by Gasteiger charge is -2.38. The second kappa shape index (κ2) is 7.32. The van der Waals surface area contributed by atoms with Crippen molar-refractivity contribution in [2.24, 2.45) is 7.05 Å². The molecular weight excluding hydrogens is 401 g/mol. The molecule has 3 aromatic rings. The zero-order chi connectivity index (χ0) is 21.6. The number of rotatable bonds is 3. The molecule has 0 unspecified atom stereocenters. The number of carbonyl (C=O) groups excluding carboxylic acids is 1. The van der Waals surface area contributed by atoms with Crippen LogP contribution in [0.4, 0.5) is 4.39 Å². The number of carbonyl (C=O) groups is 1. The number of hydrogen-bond acceptors (Lipinski definition) is 5. The Bertz CT molecular complexity index is 1100. The molecular formula is C23H24FN3O4. The van der Waals surface area contributed by atoms with Gasteiger partial charge in [0.2, 0.25) is 0 Å². The third-order valence-electron chi connectivity index (χ3n) is 6.38. The Labute approximate surface area is 179 Å². The highest BCUT2D eigenvalue weighted by Crippen LogP contribution is 2.44. The third-order valence-corrected chi connectivity index (χ3v) is 6.38. The molecule has 8 heteroatoms. The number of piperidine rings is 1. The summed E-state index contributed by atoms with van der Waals surface area (Å²) >= 11 is 0. The molecule has 1 spiro atoms. The van der Waals surface area contributed by atoms with Gasteiger partial charge < -0.3 is 23.7 Å². The first-order valence-electron chi connectivity index (χ1n) is 10.4. The molecule has 1 atom stereocenters. The van der Waals surface area contributed by atoms with Crippen LogP contribution in [-0.2, 0) is 17.4 Å². The first-order valence-corrected chi connectivity index (χ1v) is 10.4. The third kappa shape index (κ3) is 3.55. The van der Waals surface area contributed by atoms with Crippen molar-refractivity contribution in [3.8, 4) is 11.3 Å². The van der Waals surface area contributed by atoms with E-state index in [0.29, 0.717) is 49.5 Å². The minimum absolute atomic E-state index is 0.180. The van der Waals surface area contributed by atoms with E-state index in [1.807, 2.05) is 17.8 Å². The number of amides is 1. The van der Waals surface area contributed by atoms with Crippen LogP contribution in [0.25, 0.3) is 11.3 Å². The van der Waals surface area contributed by atoms with Gasteiger partial charge in [0.15, 0.2) is 5.76 Å². The van der Waals surface area contributed by atoms with Gasteiger partial charge >= 0.3 is 0 Å². The van der Waals surface area contributed by atoms with Crippen LogP contribution in [0.5, 0.6) is 0 Å². The number of furan rings is 1. The van der Waals surface area contributed by atoms with Gasteiger partial charge in [-0.2, -0.15) is 0 Å². The summed E-state index contributed by atoms with van der Waals surface area (Å²) in [6, 6.07) is 9.32. The molecule has 1 aromatic carbocycles. The number of halogens is 1. The van der Waals surface area contributed by atoms with E-state index in [4.69, 9.17) is 9.15 Å². The summed E-state index contributed by atoms with van der Waals surface area (Å²) < 4.78 is 26.8. The Morgan fingerprint density at radius 3 is 2.58 bits per heavy atom. The number of likely N-dealkylation sites (tertiary alicyclic amines) is 1. The Balaban J connectivity index is 1.24. The van der Waals surface area contributed by atoms with Gasteiger partial charge in [0.1, 0.15) is 23.0 Å². The number of nitrogens with zero attached hydrogens (tertiary/aromatic N) is 3. The van der Waals surface area contributed by atoms with E-state index in [-0.39, 0.29) is 24.1 Å². The number of imidazole rings is 1. The van der Waals surface area contributed by atoms with Crippen molar-refractivity contribution < 1.29 is 23.4 Å². The van der Waals surface area contributed by atoms with Crippen molar-refractivity contribution in [3.05, 3.63) is 66.2 Å². The summed E-state index contributed by atoms with van der Waals surface area (Å²) in [6.45, 7) is 1.23. The van der Waals surface area contributed by atoms with Gasteiger partial charge in [0, 0.05) is 44.5 Å². The van der Waals surface area contributed by atoms with Crippen molar-refractivity contribution in [2.75, 3.05) is 19.7 Å². The SMILES string of the molecule is Cn1ccnc1[C@]1(O)COC2(CCN(C(=O)c3ccc(-c4ccc(F)cc4)o3)CC2)C1. The molecule has 162 valence electrons. The maximum Gasteiger partial charge on any atom is 0.289 e. The average Bonchev–Trinajstić information content (AvgIpc) is 3.49. The molecule has 1 amide bonds. The van der Waals surface area contributed by atoms with Crippen molar-refractivity contribution >= 4 is 5.91 Å². The van der Waals surface area contributed by atoms with E-state index in [1.54, 1.807) is 35.4 Å². The van der Waals surface area contributed by atoms with Crippen LogP contribution < -0.4 is 0 Å². The molecule has 2 fully saturated rings. The van der Waals surface area contributed by atoms with Crippen molar-refractivity contribution in [1.82, 2.24) is 14.5 Å². The van der Waals surface area contributed by atoms with Gasteiger partial charge in [-0.15, -0.1) is 0 Å². The van der Waals surface area contributed by atoms with E-state index >= 15 is 0 Å². The zero-order valence-corrected chi connectivity index (χ0v) is 17.3. The molecule has 2 aliphatic rings. The van der Waals surface area contributed by atoms with Crippen molar-refractivity contribution in [2.45, 2.75) is 30.5 Å². The maximum atomic E-state index is 13.1. The topological polar surface area (TPSA) is 80.7 Å². The van der Waals surface area contributed by atoms with Crippen LogP contribution in [0.3, 0.4) is 0 Å². The Morgan fingerprint density at radius 2 is 1.90 bits per heavy atom. The molecule has 2 saturated heterocycles. The van der Waals surface area contributed by atoms with E-state index in [2.05, 4.69) is 4.98 Å². The van der Waals surface area contributed by atoms with Crippen molar-refractivity contribution in [3.63, 3.8) is 0 Å². The number of hydrogen-bond donors (Lipinski definition) is 1. The second-order valence-corrected chi connectivity index (χ2v) is 8.50. The van der Waals surface area contributed by atoms with Crippen LogP contribution in [0.15, 0.2) is 53.2 Å². The lowest BCUT2D eigenvalue weighted by atomic mass is 9.83. The number of aryl methyl sites for hydroxylation is 1.